The van der Waals surface area contributed by atoms with Gasteiger partial charge in [-0.15, -0.1) is 6.58 Å². The predicted octanol–water partition coefficient (Wildman–Crippen LogP) is 1.12. The third-order valence-electron chi connectivity index (χ3n) is 2.29. The first-order chi connectivity index (χ1) is 7.70. The van der Waals surface area contributed by atoms with Crippen LogP contribution in [0, 0.1) is 0 Å². The molecule has 0 unspecified atom stereocenters. The molecule has 1 atom stereocenters. The molecule has 4 nitrogen and oxygen atoms in total. The van der Waals surface area contributed by atoms with Crippen molar-refractivity contribution in [3.63, 3.8) is 0 Å². The molecule has 0 fully saturated rings. The molecule has 1 rings (SSSR count). The third kappa shape index (κ3) is 3.05. The Balaban J connectivity index is 3.01. The first-order valence-electron chi connectivity index (χ1n) is 5.30. The average molecular weight is 222 g/mol. The number of pyridine rings is 1. The largest absolute Gasteiger partial charge is 0.395 e. The SMILES string of the molecule is C=CCN(CCO)c1ncccc1[C@H](C)O. The summed E-state index contributed by atoms with van der Waals surface area (Å²) in [6, 6.07) is 3.62. The van der Waals surface area contributed by atoms with Crippen molar-refractivity contribution in [3.8, 4) is 0 Å². The predicted molar refractivity (Wildman–Crippen MR) is 64.4 cm³/mol. The van der Waals surface area contributed by atoms with Crippen LogP contribution in [0.15, 0.2) is 31.0 Å². The number of hydrogen-bond acceptors (Lipinski definition) is 4. The zero-order valence-corrected chi connectivity index (χ0v) is 9.50. The highest BCUT2D eigenvalue weighted by Gasteiger charge is 2.13. The van der Waals surface area contributed by atoms with E-state index in [2.05, 4.69) is 11.6 Å². The average Bonchev–Trinajstić information content (AvgIpc) is 2.29. The smallest absolute Gasteiger partial charge is 0.134 e. The summed E-state index contributed by atoms with van der Waals surface area (Å²) < 4.78 is 0. The maximum atomic E-state index is 9.63. The van der Waals surface area contributed by atoms with Gasteiger partial charge in [-0.1, -0.05) is 12.1 Å². The van der Waals surface area contributed by atoms with Crippen LogP contribution in [0.5, 0.6) is 0 Å². The van der Waals surface area contributed by atoms with Crippen molar-refractivity contribution in [1.82, 2.24) is 4.98 Å². The second-order valence-electron chi connectivity index (χ2n) is 3.55. The van der Waals surface area contributed by atoms with E-state index in [4.69, 9.17) is 5.11 Å². The Labute approximate surface area is 95.9 Å². The Morgan fingerprint density at radius 3 is 2.94 bits per heavy atom. The van der Waals surface area contributed by atoms with Crippen LogP contribution in [0.25, 0.3) is 0 Å². The van der Waals surface area contributed by atoms with E-state index in [9.17, 15) is 5.11 Å². The van der Waals surface area contributed by atoms with Gasteiger partial charge in [0, 0.05) is 24.8 Å². The maximum absolute atomic E-state index is 9.63. The Morgan fingerprint density at radius 2 is 2.38 bits per heavy atom. The highest BCUT2D eigenvalue weighted by Crippen LogP contribution is 2.23. The highest BCUT2D eigenvalue weighted by molar-refractivity contribution is 5.48. The fourth-order valence-corrected chi connectivity index (χ4v) is 1.56. The van der Waals surface area contributed by atoms with Crippen molar-refractivity contribution in [2.24, 2.45) is 0 Å². The molecule has 0 bridgehead atoms. The highest BCUT2D eigenvalue weighted by atomic mass is 16.3. The fraction of sp³-hybridized carbons (Fsp3) is 0.417. The van der Waals surface area contributed by atoms with Crippen LogP contribution in [0.2, 0.25) is 0 Å². The van der Waals surface area contributed by atoms with E-state index in [0.717, 1.165) is 5.56 Å². The fourth-order valence-electron chi connectivity index (χ4n) is 1.56. The van der Waals surface area contributed by atoms with E-state index >= 15 is 0 Å². The molecule has 1 aromatic rings. The Kier molecular flexibility index (Phi) is 4.95. The van der Waals surface area contributed by atoms with Crippen LogP contribution < -0.4 is 4.90 Å². The Morgan fingerprint density at radius 1 is 1.62 bits per heavy atom. The van der Waals surface area contributed by atoms with Crippen molar-refractivity contribution in [2.45, 2.75) is 13.0 Å². The summed E-state index contributed by atoms with van der Waals surface area (Å²) in [4.78, 5) is 6.13. The van der Waals surface area contributed by atoms with E-state index in [1.807, 2.05) is 11.0 Å². The van der Waals surface area contributed by atoms with E-state index in [-0.39, 0.29) is 6.61 Å². The first-order valence-corrected chi connectivity index (χ1v) is 5.30. The van der Waals surface area contributed by atoms with Crippen LogP contribution >= 0.6 is 0 Å². The van der Waals surface area contributed by atoms with E-state index in [1.54, 1.807) is 25.3 Å². The Hall–Kier alpha value is -1.39. The summed E-state index contributed by atoms with van der Waals surface area (Å²) in [7, 11) is 0. The summed E-state index contributed by atoms with van der Waals surface area (Å²) in [5.41, 5.74) is 0.762. The molecule has 0 radical (unpaired) electrons. The van der Waals surface area contributed by atoms with Crippen LogP contribution in [-0.2, 0) is 0 Å². The molecule has 1 heterocycles. The molecule has 0 aromatic carbocycles. The molecule has 0 amide bonds. The van der Waals surface area contributed by atoms with Gasteiger partial charge in [-0.2, -0.15) is 0 Å². The third-order valence-corrected chi connectivity index (χ3v) is 2.29. The lowest BCUT2D eigenvalue weighted by molar-refractivity contribution is 0.199. The van der Waals surface area contributed by atoms with Gasteiger partial charge >= 0.3 is 0 Å². The zero-order chi connectivity index (χ0) is 12.0. The van der Waals surface area contributed by atoms with Crippen molar-refractivity contribution in [3.05, 3.63) is 36.5 Å². The number of rotatable bonds is 6. The lowest BCUT2D eigenvalue weighted by atomic mass is 10.1. The van der Waals surface area contributed by atoms with Gasteiger partial charge in [0.2, 0.25) is 0 Å². The number of aliphatic hydroxyl groups is 2. The molecular formula is C12H18N2O2. The molecule has 0 aliphatic rings. The molecule has 4 heteroatoms. The van der Waals surface area contributed by atoms with Gasteiger partial charge in [-0.25, -0.2) is 4.98 Å². The van der Waals surface area contributed by atoms with Crippen LogP contribution in [0.1, 0.15) is 18.6 Å². The second-order valence-corrected chi connectivity index (χ2v) is 3.55. The second kappa shape index (κ2) is 6.25. The van der Waals surface area contributed by atoms with Crippen molar-refractivity contribution in [2.75, 3.05) is 24.6 Å². The summed E-state index contributed by atoms with van der Waals surface area (Å²) in [5.74, 6) is 0.700. The minimum absolute atomic E-state index is 0.0453. The quantitative estimate of drug-likeness (QED) is 0.708. The standard InChI is InChI=1S/C12H18N2O2/c1-3-7-14(8-9-15)12-11(10(2)16)5-4-6-13-12/h3-6,10,15-16H,1,7-9H2,2H3/t10-/m0/s1. The number of aromatic nitrogens is 1. The van der Waals surface area contributed by atoms with Crippen molar-refractivity contribution >= 4 is 5.82 Å². The van der Waals surface area contributed by atoms with Crippen molar-refractivity contribution in [1.29, 1.82) is 0 Å². The molecule has 0 saturated carbocycles. The summed E-state index contributed by atoms with van der Waals surface area (Å²) in [6.07, 6.45) is 2.85. The van der Waals surface area contributed by atoms with Crippen LogP contribution in [0.4, 0.5) is 5.82 Å². The lowest BCUT2D eigenvalue weighted by Crippen LogP contribution is -2.28. The molecule has 1 aromatic heterocycles. The summed E-state index contributed by atoms with van der Waals surface area (Å²) >= 11 is 0. The first kappa shape index (κ1) is 12.7. The van der Waals surface area contributed by atoms with Gasteiger partial charge in [-0.05, 0) is 13.0 Å². The molecule has 0 aliphatic heterocycles. The van der Waals surface area contributed by atoms with Crippen LogP contribution in [0.3, 0.4) is 0 Å². The maximum Gasteiger partial charge on any atom is 0.134 e. The van der Waals surface area contributed by atoms with Gasteiger partial charge in [-0.3, -0.25) is 0 Å². The monoisotopic (exact) mass is 222 g/mol. The zero-order valence-electron chi connectivity index (χ0n) is 9.50. The number of aliphatic hydroxyl groups excluding tert-OH is 2. The number of nitrogens with zero attached hydrogens (tertiary/aromatic N) is 2. The molecule has 88 valence electrons. The summed E-state index contributed by atoms with van der Waals surface area (Å²) in [6.45, 7) is 6.48. The normalized spacial score (nSPS) is 12.2. The van der Waals surface area contributed by atoms with Gasteiger partial charge < -0.3 is 15.1 Å². The van der Waals surface area contributed by atoms with E-state index in [1.165, 1.54) is 0 Å². The summed E-state index contributed by atoms with van der Waals surface area (Å²) in [5, 5.41) is 18.6. The molecule has 16 heavy (non-hydrogen) atoms. The van der Waals surface area contributed by atoms with Gasteiger partial charge in [0.25, 0.3) is 0 Å². The molecule has 2 N–H and O–H groups in total. The van der Waals surface area contributed by atoms with Gasteiger partial charge in [0.15, 0.2) is 0 Å². The number of hydrogen-bond donors (Lipinski definition) is 2. The minimum atomic E-state index is -0.574. The Bertz CT molecular complexity index is 340. The molecule has 0 spiro atoms. The number of anilines is 1. The van der Waals surface area contributed by atoms with Gasteiger partial charge in [0.1, 0.15) is 5.82 Å². The van der Waals surface area contributed by atoms with E-state index < -0.39 is 6.10 Å². The van der Waals surface area contributed by atoms with Gasteiger partial charge in [0.05, 0.1) is 12.7 Å². The molecule has 0 aliphatic carbocycles. The lowest BCUT2D eigenvalue weighted by Gasteiger charge is -2.24. The minimum Gasteiger partial charge on any atom is -0.395 e. The molecule has 0 saturated heterocycles. The topological polar surface area (TPSA) is 56.6 Å². The van der Waals surface area contributed by atoms with Crippen LogP contribution in [-0.4, -0.2) is 34.9 Å². The molecular weight excluding hydrogens is 204 g/mol. The van der Waals surface area contributed by atoms with E-state index in [0.29, 0.717) is 18.9 Å². The van der Waals surface area contributed by atoms with Crippen molar-refractivity contribution < 1.29 is 10.2 Å².